The Morgan fingerprint density at radius 2 is 1.93 bits per heavy atom. The second kappa shape index (κ2) is 5.86. The lowest BCUT2D eigenvalue weighted by atomic mass is 9.73. The normalized spacial score (nSPS) is 32.2. The van der Waals surface area contributed by atoms with Crippen molar-refractivity contribution < 1.29 is 0 Å². The molecule has 2 heteroatoms. The summed E-state index contributed by atoms with van der Waals surface area (Å²) < 4.78 is 0. The molecule has 2 nitrogen and oxygen atoms in total. The Balaban J connectivity index is 2.43. The van der Waals surface area contributed by atoms with E-state index in [1.807, 2.05) is 0 Å². The largest absolute Gasteiger partial charge is 0.329 e. The molecule has 0 aliphatic heterocycles. The lowest BCUT2D eigenvalue weighted by Crippen LogP contribution is -2.53. The molecule has 0 aromatic heterocycles. The van der Waals surface area contributed by atoms with Gasteiger partial charge in [0.15, 0.2) is 0 Å². The Bertz CT molecular complexity index is 169. The van der Waals surface area contributed by atoms with Gasteiger partial charge in [-0.15, -0.1) is 0 Å². The molecular weight excluding hydrogens is 184 g/mol. The number of hydrogen-bond donors (Lipinski definition) is 2. The quantitative estimate of drug-likeness (QED) is 0.735. The number of nitrogens with one attached hydrogen (secondary N) is 1. The van der Waals surface area contributed by atoms with E-state index in [1.165, 1.54) is 32.1 Å². The highest BCUT2D eigenvalue weighted by molar-refractivity contribution is 4.94. The van der Waals surface area contributed by atoms with Crippen LogP contribution in [0.15, 0.2) is 0 Å². The lowest BCUT2D eigenvalue weighted by molar-refractivity contribution is 0.166. The molecule has 0 aromatic rings. The molecule has 1 saturated carbocycles. The predicted octanol–water partition coefficient (Wildman–Crippen LogP) is 2.53. The molecule has 0 unspecified atom stereocenters. The molecule has 1 rings (SSSR count). The van der Waals surface area contributed by atoms with Gasteiger partial charge in [0.1, 0.15) is 0 Å². The zero-order chi connectivity index (χ0) is 11.3. The number of hydrogen-bond acceptors (Lipinski definition) is 2. The highest BCUT2D eigenvalue weighted by Gasteiger charge is 2.34. The topological polar surface area (TPSA) is 38.0 Å². The van der Waals surface area contributed by atoms with E-state index in [4.69, 9.17) is 5.73 Å². The molecule has 0 spiro atoms. The van der Waals surface area contributed by atoms with Crippen molar-refractivity contribution in [2.75, 3.05) is 13.1 Å². The van der Waals surface area contributed by atoms with Crippen LogP contribution in [-0.2, 0) is 0 Å². The first-order valence-electron chi connectivity index (χ1n) is 6.58. The van der Waals surface area contributed by atoms with Crippen molar-refractivity contribution >= 4 is 0 Å². The van der Waals surface area contributed by atoms with E-state index in [0.29, 0.717) is 0 Å². The smallest absolute Gasteiger partial charge is 0.0304 e. The molecule has 0 amide bonds. The van der Waals surface area contributed by atoms with Gasteiger partial charge in [-0.3, -0.25) is 0 Å². The van der Waals surface area contributed by atoms with Gasteiger partial charge in [-0.25, -0.2) is 0 Å². The molecule has 0 aromatic carbocycles. The van der Waals surface area contributed by atoms with Crippen LogP contribution in [0.3, 0.4) is 0 Å². The first kappa shape index (κ1) is 13.0. The van der Waals surface area contributed by atoms with E-state index < -0.39 is 0 Å². The predicted molar refractivity (Wildman–Crippen MR) is 66.9 cm³/mol. The minimum absolute atomic E-state index is 0.265. The summed E-state index contributed by atoms with van der Waals surface area (Å²) in [5.74, 6) is 1.76. The number of rotatable bonds is 5. The van der Waals surface area contributed by atoms with Crippen LogP contribution >= 0.6 is 0 Å². The van der Waals surface area contributed by atoms with E-state index in [-0.39, 0.29) is 5.54 Å². The van der Waals surface area contributed by atoms with Crippen molar-refractivity contribution in [3.05, 3.63) is 0 Å². The molecule has 0 atom stereocenters. The highest BCUT2D eigenvalue weighted by Crippen LogP contribution is 2.35. The Kier molecular flexibility index (Phi) is 5.07. The maximum Gasteiger partial charge on any atom is 0.0304 e. The lowest BCUT2D eigenvalue weighted by Gasteiger charge is -2.41. The van der Waals surface area contributed by atoms with Gasteiger partial charge in [-0.1, -0.05) is 20.8 Å². The zero-order valence-electron chi connectivity index (χ0n) is 10.7. The van der Waals surface area contributed by atoms with Gasteiger partial charge in [0.2, 0.25) is 0 Å². The van der Waals surface area contributed by atoms with E-state index in [9.17, 15) is 0 Å². The molecule has 0 saturated heterocycles. The first-order valence-corrected chi connectivity index (χ1v) is 6.58. The van der Waals surface area contributed by atoms with Gasteiger partial charge in [-0.05, 0) is 50.5 Å². The average Bonchev–Trinajstić information content (AvgIpc) is 2.27. The Labute approximate surface area is 95.0 Å². The van der Waals surface area contributed by atoms with Crippen molar-refractivity contribution in [2.45, 2.75) is 58.4 Å². The molecule has 3 N–H and O–H groups in total. The summed E-state index contributed by atoms with van der Waals surface area (Å²) in [5.41, 5.74) is 6.20. The molecule has 0 heterocycles. The SMILES string of the molecule is CCCNC1(CN)CCC(C(C)C)CC1. The van der Waals surface area contributed by atoms with Gasteiger partial charge >= 0.3 is 0 Å². The van der Waals surface area contributed by atoms with Crippen molar-refractivity contribution in [2.24, 2.45) is 17.6 Å². The molecule has 0 radical (unpaired) electrons. The Morgan fingerprint density at radius 1 is 1.33 bits per heavy atom. The summed E-state index contributed by atoms with van der Waals surface area (Å²) >= 11 is 0. The van der Waals surface area contributed by atoms with Gasteiger partial charge in [0.05, 0.1) is 0 Å². The van der Waals surface area contributed by atoms with E-state index in [0.717, 1.165) is 24.9 Å². The summed E-state index contributed by atoms with van der Waals surface area (Å²) in [6, 6.07) is 0. The molecular formula is C13H28N2. The third-order valence-corrected chi connectivity index (χ3v) is 4.07. The fraction of sp³-hybridized carbons (Fsp3) is 1.00. The summed E-state index contributed by atoms with van der Waals surface area (Å²) in [6.07, 6.45) is 6.45. The molecule has 15 heavy (non-hydrogen) atoms. The average molecular weight is 212 g/mol. The molecule has 1 fully saturated rings. The van der Waals surface area contributed by atoms with Gasteiger partial charge in [-0.2, -0.15) is 0 Å². The van der Waals surface area contributed by atoms with Gasteiger partial charge in [0, 0.05) is 12.1 Å². The van der Waals surface area contributed by atoms with Crippen LogP contribution in [0.4, 0.5) is 0 Å². The van der Waals surface area contributed by atoms with Crippen LogP contribution < -0.4 is 11.1 Å². The summed E-state index contributed by atoms with van der Waals surface area (Å²) in [6.45, 7) is 8.83. The third-order valence-electron chi connectivity index (χ3n) is 4.07. The van der Waals surface area contributed by atoms with Crippen LogP contribution in [0.1, 0.15) is 52.9 Å². The maximum atomic E-state index is 5.94. The van der Waals surface area contributed by atoms with Crippen molar-refractivity contribution in [1.29, 1.82) is 0 Å². The second-order valence-electron chi connectivity index (χ2n) is 5.49. The maximum absolute atomic E-state index is 5.94. The standard InChI is InChI=1S/C13H28N2/c1-4-9-15-13(10-14)7-5-12(6-8-13)11(2)3/h11-12,15H,4-10,14H2,1-3H3. The molecule has 1 aliphatic rings. The summed E-state index contributed by atoms with van der Waals surface area (Å²) in [5, 5.41) is 3.67. The van der Waals surface area contributed by atoms with Crippen LogP contribution in [0.25, 0.3) is 0 Å². The minimum Gasteiger partial charge on any atom is -0.329 e. The van der Waals surface area contributed by atoms with Gasteiger partial charge in [0.25, 0.3) is 0 Å². The van der Waals surface area contributed by atoms with Crippen molar-refractivity contribution in [3.63, 3.8) is 0 Å². The molecule has 1 aliphatic carbocycles. The van der Waals surface area contributed by atoms with Gasteiger partial charge < -0.3 is 11.1 Å². The van der Waals surface area contributed by atoms with Crippen molar-refractivity contribution in [1.82, 2.24) is 5.32 Å². The van der Waals surface area contributed by atoms with Crippen LogP contribution in [-0.4, -0.2) is 18.6 Å². The van der Waals surface area contributed by atoms with E-state index in [1.54, 1.807) is 0 Å². The zero-order valence-corrected chi connectivity index (χ0v) is 10.7. The number of nitrogens with two attached hydrogens (primary N) is 1. The first-order chi connectivity index (χ1) is 7.13. The summed E-state index contributed by atoms with van der Waals surface area (Å²) in [7, 11) is 0. The van der Waals surface area contributed by atoms with Crippen LogP contribution in [0.5, 0.6) is 0 Å². The molecule has 90 valence electrons. The van der Waals surface area contributed by atoms with Crippen LogP contribution in [0.2, 0.25) is 0 Å². The van der Waals surface area contributed by atoms with Crippen LogP contribution in [0, 0.1) is 11.8 Å². The second-order valence-corrected chi connectivity index (χ2v) is 5.49. The fourth-order valence-electron chi connectivity index (χ4n) is 2.70. The Hall–Kier alpha value is -0.0800. The Morgan fingerprint density at radius 3 is 2.33 bits per heavy atom. The highest BCUT2D eigenvalue weighted by atomic mass is 15.0. The van der Waals surface area contributed by atoms with Crippen molar-refractivity contribution in [3.8, 4) is 0 Å². The third kappa shape index (κ3) is 3.46. The van der Waals surface area contributed by atoms with E-state index in [2.05, 4.69) is 26.1 Å². The fourth-order valence-corrected chi connectivity index (χ4v) is 2.70. The summed E-state index contributed by atoms with van der Waals surface area (Å²) in [4.78, 5) is 0. The monoisotopic (exact) mass is 212 g/mol. The minimum atomic E-state index is 0.265. The van der Waals surface area contributed by atoms with E-state index >= 15 is 0 Å². The molecule has 0 bridgehead atoms.